The van der Waals surface area contributed by atoms with Crippen LogP contribution in [0.5, 0.6) is 0 Å². The standard InChI is InChI=1S/C12H21N3O/c1-15-8-7-14-12(15)6-9-16-11-5-3-2-4-10(11)13/h7-8,10-11H,2-6,9,13H2,1H3. The summed E-state index contributed by atoms with van der Waals surface area (Å²) in [5.74, 6) is 1.07. The predicted molar refractivity (Wildman–Crippen MR) is 63.1 cm³/mol. The van der Waals surface area contributed by atoms with Crippen molar-refractivity contribution in [3.8, 4) is 0 Å². The van der Waals surface area contributed by atoms with Gasteiger partial charge in [-0.15, -0.1) is 0 Å². The molecule has 2 atom stereocenters. The molecule has 0 bridgehead atoms. The average Bonchev–Trinajstić information content (AvgIpc) is 2.67. The van der Waals surface area contributed by atoms with Crippen molar-refractivity contribution < 1.29 is 4.74 Å². The van der Waals surface area contributed by atoms with Gasteiger partial charge in [0.15, 0.2) is 0 Å². The van der Waals surface area contributed by atoms with Gasteiger partial charge in [0.05, 0.1) is 12.7 Å². The SMILES string of the molecule is Cn1ccnc1CCOC1CCCCC1N. The minimum atomic E-state index is 0.232. The lowest BCUT2D eigenvalue weighted by molar-refractivity contribution is 0.0161. The maximum Gasteiger partial charge on any atom is 0.110 e. The number of nitrogens with two attached hydrogens (primary N) is 1. The van der Waals surface area contributed by atoms with Crippen LogP contribution in [0, 0.1) is 0 Å². The van der Waals surface area contributed by atoms with E-state index in [9.17, 15) is 0 Å². The van der Waals surface area contributed by atoms with E-state index < -0.39 is 0 Å². The zero-order valence-corrected chi connectivity index (χ0v) is 9.93. The zero-order chi connectivity index (χ0) is 11.4. The lowest BCUT2D eigenvalue weighted by Crippen LogP contribution is -2.39. The molecular formula is C12H21N3O. The van der Waals surface area contributed by atoms with Crippen LogP contribution in [-0.2, 0) is 18.2 Å². The summed E-state index contributed by atoms with van der Waals surface area (Å²) in [5.41, 5.74) is 6.02. The Hall–Kier alpha value is -0.870. The summed E-state index contributed by atoms with van der Waals surface area (Å²) < 4.78 is 7.88. The maximum atomic E-state index is 6.02. The molecule has 2 unspecified atom stereocenters. The maximum absolute atomic E-state index is 6.02. The van der Waals surface area contributed by atoms with Crippen LogP contribution >= 0.6 is 0 Å². The quantitative estimate of drug-likeness (QED) is 0.835. The highest BCUT2D eigenvalue weighted by Crippen LogP contribution is 2.19. The van der Waals surface area contributed by atoms with Crippen molar-refractivity contribution in [1.29, 1.82) is 0 Å². The van der Waals surface area contributed by atoms with E-state index in [-0.39, 0.29) is 12.1 Å². The van der Waals surface area contributed by atoms with Crippen molar-refractivity contribution in [3.63, 3.8) is 0 Å². The first-order chi connectivity index (χ1) is 7.77. The van der Waals surface area contributed by atoms with Crippen LogP contribution in [0.1, 0.15) is 31.5 Å². The van der Waals surface area contributed by atoms with Gasteiger partial charge >= 0.3 is 0 Å². The summed E-state index contributed by atoms with van der Waals surface area (Å²) in [6.45, 7) is 0.725. The highest BCUT2D eigenvalue weighted by Gasteiger charge is 2.22. The number of aromatic nitrogens is 2. The summed E-state index contributed by atoms with van der Waals surface area (Å²) in [7, 11) is 2.01. The van der Waals surface area contributed by atoms with Crippen LogP contribution in [0.4, 0.5) is 0 Å². The Morgan fingerprint density at radius 1 is 1.50 bits per heavy atom. The molecule has 1 fully saturated rings. The Bertz CT molecular complexity index is 324. The van der Waals surface area contributed by atoms with Crippen LogP contribution in [0.15, 0.2) is 12.4 Å². The number of hydrogen-bond acceptors (Lipinski definition) is 3. The molecule has 0 aromatic carbocycles. The van der Waals surface area contributed by atoms with E-state index in [1.807, 2.05) is 24.0 Å². The third kappa shape index (κ3) is 2.83. The van der Waals surface area contributed by atoms with Crippen LogP contribution in [0.25, 0.3) is 0 Å². The first-order valence-corrected chi connectivity index (χ1v) is 6.11. The van der Waals surface area contributed by atoms with Crippen molar-refractivity contribution in [2.24, 2.45) is 12.8 Å². The number of ether oxygens (including phenoxy) is 1. The second-order valence-electron chi connectivity index (χ2n) is 4.56. The number of rotatable bonds is 4. The highest BCUT2D eigenvalue weighted by atomic mass is 16.5. The van der Waals surface area contributed by atoms with E-state index >= 15 is 0 Å². The minimum absolute atomic E-state index is 0.232. The molecule has 1 saturated carbocycles. The molecule has 16 heavy (non-hydrogen) atoms. The topological polar surface area (TPSA) is 53.1 Å². The number of nitrogens with zero attached hydrogens (tertiary/aromatic N) is 2. The molecule has 90 valence electrons. The highest BCUT2D eigenvalue weighted by molar-refractivity contribution is 4.91. The molecule has 1 aliphatic carbocycles. The molecular weight excluding hydrogens is 202 g/mol. The lowest BCUT2D eigenvalue weighted by atomic mass is 9.93. The van der Waals surface area contributed by atoms with E-state index in [0.717, 1.165) is 31.7 Å². The largest absolute Gasteiger partial charge is 0.376 e. The normalized spacial score (nSPS) is 25.9. The molecule has 1 aromatic rings. The van der Waals surface area contributed by atoms with Crippen LogP contribution in [0.2, 0.25) is 0 Å². The molecule has 1 heterocycles. The monoisotopic (exact) mass is 223 g/mol. The van der Waals surface area contributed by atoms with E-state index in [2.05, 4.69) is 4.98 Å². The van der Waals surface area contributed by atoms with E-state index in [1.54, 1.807) is 0 Å². The summed E-state index contributed by atoms with van der Waals surface area (Å²) in [6.07, 6.45) is 9.63. The minimum Gasteiger partial charge on any atom is -0.376 e. The van der Waals surface area contributed by atoms with Gasteiger partial charge in [-0.25, -0.2) is 4.98 Å². The van der Waals surface area contributed by atoms with Crippen molar-refractivity contribution >= 4 is 0 Å². The van der Waals surface area contributed by atoms with Crippen molar-refractivity contribution in [2.75, 3.05) is 6.61 Å². The molecule has 0 amide bonds. The summed E-state index contributed by atoms with van der Waals surface area (Å²) >= 11 is 0. The Balaban J connectivity index is 1.73. The molecule has 1 aromatic heterocycles. The molecule has 2 N–H and O–H groups in total. The van der Waals surface area contributed by atoms with Gasteiger partial charge in [0, 0.05) is 31.9 Å². The number of hydrogen-bond donors (Lipinski definition) is 1. The lowest BCUT2D eigenvalue weighted by Gasteiger charge is -2.28. The first kappa shape index (κ1) is 11.6. The third-order valence-electron chi connectivity index (χ3n) is 3.33. The molecule has 0 saturated heterocycles. The Morgan fingerprint density at radius 3 is 3.00 bits per heavy atom. The summed E-state index contributed by atoms with van der Waals surface area (Å²) in [4.78, 5) is 4.27. The van der Waals surface area contributed by atoms with Crippen molar-refractivity contribution in [1.82, 2.24) is 9.55 Å². The first-order valence-electron chi connectivity index (χ1n) is 6.11. The fraction of sp³-hybridized carbons (Fsp3) is 0.750. The predicted octanol–water partition coefficient (Wildman–Crippen LogP) is 1.25. The molecule has 1 aliphatic rings. The molecule has 4 nitrogen and oxygen atoms in total. The zero-order valence-electron chi connectivity index (χ0n) is 9.93. The Morgan fingerprint density at radius 2 is 2.31 bits per heavy atom. The van der Waals surface area contributed by atoms with Gasteiger partial charge < -0.3 is 15.0 Å². The van der Waals surface area contributed by atoms with E-state index in [1.165, 1.54) is 12.8 Å². The Labute approximate surface area is 96.8 Å². The molecule has 0 aliphatic heterocycles. The van der Waals surface area contributed by atoms with Gasteiger partial charge in [-0.3, -0.25) is 0 Å². The van der Waals surface area contributed by atoms with Crippen molar-refractivity contribution in [2.45, 2.75) is 44.2 Å². The Kier molecular flexibility index (Phi) is 3.96. The van der Waals surface area contributed by atoms with E-state index in [4.69, 9.17) is 10.5 Å². The summed E-state index contributed by atoms with van der Waals surface area (Å²) in [5, 5.41) is 0. The molecule has 4 heteroatoms. The number of imidazole rings is 1. The van der Waals surface area contributed by atoms with Crippen LogP contribution < -0.4 is 5.73 Å². The van der Waals surface area contributed by atoms with Crippen molar-refractivity contribution in [3.05, 3.63) is 18.2 Å². The molecule has 0 spiro atoms. The average molecular weight is 223 g/mol. The van der Waals surface area contributed by atoms with Crippen LogP contribution in [0.3, 0.4) is 0 Å². The van der Waals surface area contributed by atoms with Crippen LogP contribution in [-0.4, -0.2) is 28.3 Å². The molecule has 0 radical (unpaired) electrons. The van der Waals surface area contributed by atoms with Gasteiger partial charge in [0.25, 0.3) is 0 Å². The molecule has 2 rings (SSSR count). The fourth-order valence-electron chi connectivity index (χ4n) is 2.27. The van der Waals surface area contributed by atoms with E-state index in [0.29, 0.717) is 0 Å². The smallest absolute Gasteiger partial charge is 0.110 e. The fourth-order valence-corrected chi connectivity index (χ4v) is 2.27. The summed E-state index contributed by atoms with van der Waals surface area (Å²) in [6, 6.07) is 0.232. The second kappa shape index (κ2) is 5.46. The third-order valence-corrected chi connectivity index (χ3v) is 3.33. The van der Waals surface area contributed by atoms with Gasteiger partial charge in [-0.05, 0) is 12.8 Å². The van der Waals surface area contributed by atoms with Gasteiger partial charge in [-0.2, -0.15) is 0 Å². The van der Waals surface area contributed by atoms with Gasteiger partial charge in [0.2, 0.25) is 0 Å². The second-order valence-corrected chi connectivity index (χ2v) is 4.56. The number of aryl methyl sites for hydroxylation is 1. The van der Waals surface area contributed by atoms with Gasteiger partial charge in [-0.1, -0.05) is 12.8 Å². The van der Waals surface area contributed by atoms with Gasteiger partial charge in [0.1, 0.15) is 5.82 Å².